The van der Waals surface area contributed by atoms with Gasteiger partial charge in [0, 0.05) is 12.0 Å². The van der Waals surface area contributed by atoms with Crippen molar-refractivity contribution in [3.8, 4) is 0 Å². The Morgan fingerprint density at radius 3 is 2.43 bits per heavy atom. The van der Waals surface area contributed by atoms with Gasteiger partial charge in [-0.2, -0.15) is 0 Å². The summed E-state index contributed by atoms with van der Waals surface area (Å²) in [4.78, 5) is 0. The molecular formula is C10H20O3S. The van der Waals surface area contributed by atoms with E-state index in [1.807, 2.05) is 0 Å². The largest absolute Gasteiger partial charge is 0.393 e. The third kappa shape index (κ3) is 3.58. The molecular weight excluding hydrogens is 200 g/mol. The first-order chi connectivity index (χ1) is 6.40. The third-order valence-corrected chi connectivity index (χ3v) is 4.30. The van der Waals surface area contributed by atoms with Crippen LogP contribution >= 0.6 is 0 Å². The molecule has 0 aromatic carbocycles. The monoisotopic (exact) mass is 220 g/mol. The molecule has 0 aliphatic heterocycles. The van der Waals surface area contributed by atoms with Crippen molar-refractivity contribution in [1.29, 1.82) is 0 Å². The molecule has 1 N–H and O–H groups in total. The third-order valence-electron chi connectivity index (χ3n) is 3.27. The normalized spacial score (nSPS) is 33.5. The topological polar surface area (TPSA) is 54.4 Å². The molecule has 1 aliphatic rings. The Morgan fingerprint density at radius 1 is 1.36 bits per heavy atom. The van der Waals surface area contributed by atoms with Crippen LogP contribution in [0.25, 0.3) is 0 Å². The summed E-state index contributed by atoms with van der Waals surface area (Å²) in [6.07, 6.45) is 4.71. The minimum atomic E-state index is -2.81. The molecule has 1 aliphatic carbocycles. The van der Waals surface area contributed by atoms with Crippen LogP contribution in [-0.4, -0.2) is 31.6 Å². The minimum Gasteiger partial charge on any atom is -0.393 e. The van der Waals surface area contributed by atoms with Crippen molar-refractivity contribution in [2.24, 2.45) is 11.8 Å². The van der Waals surface area contributed by atoms with Crippen LogP contribution in [0, 0.1) is 11.8 Å². The van der Waals surface area contributed by atoms with Crippen molar-refractivity contribution in [3.63, 3.8) is 0 Å². The molecule has 0 radical (unpaired) electrons. The molecule has 1 rings (SSSR count). The highest BCUT2D eigenvalue weighted by Gasteiger charge is 2.30. The molecule has 0 bridgehead atoms. The predicted octanol–water partition coefficient (Wildman–Crippen LogP) is 1.22. The zero-order valence-corrected chi connectivity index (χ0v) is 9.76. The van der Waals surface area contributed by atoms with Gasteiger partial charge in [-0.3, -0.25) is 0 Å². The van der Waals surface area contributed by atoms with Gasteiger partial charge in [-0.05, 0) is 37.5 Å². The molecule has 1 saturated carbocycles. The Kier molecular flexibility index (Phi) is 3.95. The second kappa shape index (κ2) is 4.62. The van der Waals surface area contributed by atoms with E-state index in [-0.39, 0.29) is 11.9 Å². The number of sulfone groups is 1. The zero-order chi connectivity index (χ0) is 10.8. The van der Waals surface area contributed by atoms with Gasteiger partial charge in [0.2, 0.25) is 0 Å². The predicted molar refractivity (Wildman–Crippen MR) is 56.8 cm³/mol. The maximum atomic E-state index is 10.9. The molecule has 14 heavy (non-hydrogen) atoms. The van der Waals surface area contributed by atoms with E-state index < -0.39 is 9.84 Å². The summed E-state index contributed by atoms with van der Waals surface area (Å²) in [5.74, 6) is 1.15. The van der Waals surface area contributed by atoms with Crippen LogP contribution in [0.5, 0.6) is 0 Å². The van der Waals surface area contributed by atoms with Gasteiger partial charge in [-0.25, -0.2) is 8.42 Å². The Labute approximate surface area is 86.4 Å². The van der Waals surface area contributed by atoms with Crippen molar-refractivity contribution in [3.05, 3.63) is 0 Å². The fourth-order valence-electron chi connectivity index (χ4n) is 2.24. The first-order valence-corrected chi connectivity index (χ1v) is 7.32. The lowest BCUT2D eigenvalue weighted by molar-refractivity contribution is 0.126. The number of hydrogen-bond acceptors (Lipinski definition) is 3. The molecule has 0 amide bonds. The first-order valence-electron chi connectivity index (χ1n) is 5.26. The molecule has 1 fully saturated rings. The SMILES string of the molecule is CC1C(O)CCC1CCCS(C)(=O)=O. The second-order valence-electron chi connectivity index (χ2n) is 4.54. The van der Waals surface area contributed by atoms with Gasteiger partial charge in [0.15, 0.2) is 0 Å². The minimum absolute atomic E-state index is 0.168. The summed E-state index contributed by atoms with van der Waals surface area (Å²) in [6.45, 7) is 2.06. The van der Waals surface area contributed by atoms with Crippen LogP contribution < -0.4 is 0 Å². The molecule has 3 atom stereocenters. The maximum absolute atomic E-state index is 10.9. The van der Waals surface area contributed by atoms with Gasteiger partial charge in [-0.15, -0.1) is 0 Å². The highest BCUT2D eigenvalue weighted by Crippen LogP contribution is 2.34. The average Bonchev–Trinajstić information content (AvgIpc) is 2.33. The van der Waals surface area contributed by atoms with E-state index in [9.17, 15) is 13.5 Å². The molecule has 0 heterocycles. The van der Waals surface area contributed by atoms with Crippen molar-refractivity contribution in [1.82, 2.24) is 0 Å². The molecule has 0 saturated heterocycles. The number of aliphatic hydroxyl groups excluding tert-OH is 1. The van der Waals surface area contributed by atoms with E-state index in [1.165, 1.54) is 6.26 Å². The van der Waals surface area contributed by atoms with E-state index in [2.05, 4.69) is 6.92 Å². The molecule has 0 aromatic heterocycles. The van der Waals surface area contributed by atoms with Crippen molar-refractivity contribution < 1.29 is 13.5 Å². The standard InChI is InChI=1S/C10H20O3S/c1-8-9(5-6-10(8)11)4-3-7-14(2,12)13/h8-11H,3-7H2,1-2H3. The Balaban J connectivity index is 2.26. The van der Waals surface area contributed by atoms with Crippen LogP contribution in [0.3, 0.4) is 0 Å². The molecule has 3 nitrogen and oxygen atoms in total. The summed E-state index contributed by atoms with van der Waals surface area (Å²) in [6, 6.07) is 0. The quantitative estimate of drug-likeness (QED) is 0.775. The molecule has 4 heteroatoms. The second-order valence-corrected chi connectivity index (χ2v) is 6.80. The summed E-state index contributed by atoms with van der Waals surface area (Å²) in [5, 5.41) is 9.51. The summed E-state index contributed by atoms with van der Waals surface area (Å²) >= 11 is 0. The highest BCUT2D eigenvalue weighted by atomic mass is 32.2. The van der Waals surface area contributed by atoms with Gasteiger partial charge in [0.1, 0.15) is 9.84 Å². The lowest BCUT2D eigenvalue weighted by Gasteiger charge is -2.16. The van der Waals surface area contributed by atoms with Crippen molar-refractivity contribution in [2.45, 2.75) is 38.7 Å². The van der Waals surface area contributed by atoms with Gasteiger partial charge in [0.25, 0.3) is 0 Å². The van der Waals surface area contributed by atoms with Gasteiger partial charge in [-0.1, -0.05) is 6.92 Å². The Morgan fingerprint density at radius 2 is 2.00 bits per heavy atom. The molecule has 3 unspecified atom stereocenters. The summed E-state index contributed by atoms with van der Waals surface area (Å²) < 4.78 is 21.8. The zero-order valence-electron chi connectivity index (χ0n) is 8.94. The molecule has 0 aromatic rings. The average molecular weight is 220 g/mol. The van der Waals surface area contributed by atoms with Gasteiger partial charge < -0.3 is 5.11 Å². The summed E-state index contributed by atoms with van der Waals surface area (Å²) in [5.41, 5.74) is 0. The van der Waals surface area contributed by atoms with Crippen LogP contribution in [0.15, 0.2) is 0 Å². The van der Waals surface area contributed by atoms with Crippen LogP contribution in [-0.2, 0) is 9.84 Å². The molecule has 0 spiro atoms. The van der Waals surface area contributed by atoms with E-state index in [0.717, 1.165) is 25.7 Å². The first kappa shape index (κ1) is 12.0. The fraction of sp³-hybridized carbons (Fsp3) is 1.00. The van der Waals surface area contributed by atoms with E-state index in [0.29, 0.717) is 11.8 Å². The fourth-order valence-corrected chi connectivity index (χ4v) is 2.93. The van der Waals surface area contributed by atoms with Gasteiger partial charge in [0.05, 0.1) is 6.10 Å². The molecule has 84 valence electrons. The van der Waals surface area contributed by atoms with E-state index in [1.54, 1.807) is 0 Å². The lowest BCUT2D eigenvalue weighted by atomic mass is 9.93. The Hall–Kier alpha value is -0.0900. The highest BCUT2D eigenvalue weighted by molar-refractivity contribution is 7.90. The van der Waals surface area contributed by atoms with Crippen LogP contribution in [0.2, 0.25) is 0 Å². The van der Waals surface area contributed by atoms with Crippen LogP contribution in [0.4, 0.5) is 0 Å². The van der Waals surface area contributed by atoms with Crippen LogP contribution in [0.1, 0.15) is 32.6 Å². The van der Waals surface area contributed by atoms with Gasteiger partial charge >= 0.3 is 0 Å². The van der Waals surface area contributed by atoms with E-state index >= 15 is 0 Å². The lowest BCUT2D eigenvalue weighted by Crippen LogP contribution is -2.16. The number of aliphatic hydroxyl groups is 1. The Bertz CT molecular complexity index is 271. The van der Waals surface area contributed by atoms with Crippen molar-refractivity contribution >= 4 is 9.84 Å². The maximum Gasteiger partial charge on any atom is 0.147 e. The van der Waals surface area contributed by atoms with Crippen molar-refractivity contribution in [2.75, 3.05) is 12.0 Å². The van der Waals surface area contributed by atoms with E-state index in [4.69, 9.17) is 0 Å². The number of rotatable bonds is 4. The number of hydrogen-bond donors (Lipinski definition) is 1. The smallest absolute Gasteiger partial charge is 0.147 e. The summed E-state index contributed by atoms with van der Waals surface area (Å²) in [7, 11) is -2.81.